The van der Waals surface area contributed by atoms with Gasteiger partial charge in [0.1, 0.15) is 10.9 Å². The molecule has 134 valence electrons. The highest BCUT2D eigenvalue weighted by Gasteiger charge is 2.46. The van der Waals surface area contributed by atoms with E-state index < -0.39 is 11.3 Å². The van der Waals surface area contributed by atoms with Crippen molar-refractivity contribution in [3.8, 4) is 0 Å². The lowest BCUT2D eigenvalue weighted by atomic mass is 10.1. The number of benzene rings is 1. The van der Waals surface area contributed by atoms with E-state index in [4.69, 9.17) is 16.0 Å². The molecule has 4 heterocycles. The average molecular weight is 398 g/mol. The topological polar surface area (TPSA) is 75.4 Å². The van der Waals surface area contributed by atoms with Crippen LogP contribution in [-0.4, -0.2) is 28.2 Å². The van der Waals surface area contributed by atoms with Crippen molar-refractivity contribution in [1.29, 1.82) is 0 Å². The molecule has 2 aliphatic rings. The highest BCUT2D eigenvalue weighted by atomic mass is 35.5. The molecule has 1 fully saturated rings. The van der Waals surface area contributed by atoms with Crippen molar-refractivity contribution >= 4 is 56.9 Å². The van der Waals surface area contributed by atoms with Crippen LogP contribution in [0.1, 0.15) is 5.56 Å². The van der Waals surface area contributed by atoms with E-state index in [2.05, 4.69) is 10.3 Å². The zero-order valence-electron chi connectivity index (χ0n) is 13.8. The zero-order chi connectivity index (χ0) is 18.5. The molecule has 3 amide bonds. The molecule has 2 aliphatic heterocycles. The van der Waals surface area contributed by atoms with E-state index in [0.717, 1.165) is 20.8 Å². The molecule has 1 N–H and O–H groups in total. The molecule has 0 saturated carbocycles. The predicted molar refractivity (Wildman–Crippen MR) is 105 cm³/mol. The summed E-state index contributed by atoms with van der Waals surface area (Å²) in [6.45, 7) is 0. The van der Waals surface area contributed by atoms with Gasteiger partial charge in [-0.1, -0.05) is 29.8 Å². The van der Waals surface area contributed by atoms with Crippen molar-refractivity contribution in [2.45, 2.75) is 11.3 Å². The first kappa shape index (κ1) is 16.4. The van der Waals surface area contributed by atoms with Crippen molar-refractivity contribution in [3.63, 3.8) is 0 Å². The van der Waals surface area contributed by atoms with Crippen LogP contribution in [0, 0.1) is 0 Å². The van der Waals surface area contributed by atoms with Crippen molar-refractivity contribution in [2.75, 3.05) is 4.90 Å². The fourth-order valence-corrected chi connectivity index (χ4v) is 4.93. The minimum atomic E-state index is -0.496. The first-order chi connectivity index (χ1) is 13.1. The van der Waals surface area contributed by atoms with Crippen molar-refractivity contribution < 1.29 is 14.0 Å². The lowest BCUT2D eigenvalue weighted by molar-refractivity contribution is -0.118. The zero-order valence-corrected chi connectivity index (χ0v) is 15.3. The number of amides is 3. The van der Waals surface area contributed by atoms with Gasteiger partial charge in [0, 0.05) is 27.1 Å². The fraction of sp³-hybridized carbons (Fsp3) is 0.105. The summed E-state index contributed by atoms with van der Waals surface area (Å²) >= 11 is 7.68. The highest BCUT2D eigenvalue weighted by molar-refractivity contribution is 8.09. The summed E-state index contributed by atoms with van der Waals surface area (Å²) < 4.78 is 5.47. The number of carbonyl (C=O) groups is 2. The van der Waals surface area contributed by atoms with Gasteiger partial charge in [0.25, 0.3) is 5.91 Å². The monoisotopic (exact) mass is 397 g/mol. The van der Waals surface area contributed by atoms with Gasteiger partial charge < -0.3 is 9.73 Å². The third kappa shape index (κ3) is 2.54. The Morgan fingerprint density at radius 1 is 1.19 bits per heavy atom. The van der Waals surface area contributed by atoms with E-state index in [0.29, 0.717) is 16.3 Å². The average Bonchev–Trinajstić information content (AvgIpc) is 3.29. The normalized spacial score (nSPS) is 22.0. The number of urea groups is 1. The molecule has 0 bridgehead atoms. The predicted octanol–water partition coefficient (Wildman–Crippen LogP) is 4.06. The van der Waals surface area contributed by atoms with Crippen LogP contribution in [0.3, 0.4) is 0 Å². The molecule has 6 nitrogen and oxygen atoms in total. The Kier molecular flexibility index (Phi) is 3.73. The van der Waals surface area contributed by atoms with Crippen LogP contribution in [0.2, 0.25) is 5.02 Å². The number of rotatable bonds is 2. The molecule has 27 heavy (non-hydrogen) atoms. The van der Waals surface area contributed by atoms with E-state index in [1.54, 1.807) is 18.3 Å². The Labute approximate surface area is 163 Å². The Balaban J connectivity index is 1.51. The number of halogens is 1. The molecule has 0 radical (unpaired) electrons. The number of fused-ring (bicyclic) bond motifs is 2. The van der Waals surface area contributed by atoms with Gasteiger partial charge in [-0.3, -0.25) is 9.78 Å². The molecule has 8 heteroatoms. The second kappa shape index (κ2) is 6.14. The summed E-state index contributed by atoms with van der Waals surface area (Å²) in [5, 5.41) is 3.75. The van der Waals surface area contributed by atoms with Gasteiger partial charge in [-0.05, 0) is 18.2 Å². The highest BCUT2D eigenvalue weighted by Crippen LogP contribution is 2.44. The standard InChI is InChI=1S/C19H12ClN3O3S/c20-12-4-2-1-3-11(12)15-7-13-17(27-15)18(24)23(19(25)22-13)14-9-21-8-10-5-6-26-16(10)14/h1-9,13,17H,(H,22,25). The number of thioether (sulfide) groups is 1. The van der Waals surface area contributed by atoms with E-state index in [1.165, 1.54) is 24.2 Å². The molecule has 2 aromatic heterocycles. The number of nitrogens with one attached hydrogen (secondary N) is 1. The molecular weight excluding hydrogens is 386 g/mol. The number of hydrogen-bond donors (Lipinski definition) is 1. The summed E-state index contributed by atoms with van der Waals surface area (Å²) in [6.07, 6.45) is 6.48. The third-order valence-corrected chi connectivity index (χ3v) is 6.28. The van der Waals surface area contributed by atoms with Crippen LogP contribution in [0.25, 0.3) is 15.9 Å². The summed E-state index contributed by atoms with van der Waals surface area (Å²) in [4.78, 5) is 31.9. The number of nitrogens with zero attached hydrogens (tertiary/aromatic N) is 2. The number of pyridine rings is 1. The van der Waals surface area contributed by atoms with Gasteiger partial charge in [0.15, 0.2) is 5.58 Å². The molecule has 5 rings (SSSR count). The number of aromatic nitrogens is 1. The van der Waals surface area contributed by atoms with Crippen LogP contribution in [-0.2, 0) is 4.79 Å². The summed E-state index contributed by atoms with van der Waals surface area (Å²) in [7, 11) is 0. The smallest absolute Gasteiger partial charge is 0.329 e. The molecule has 1 aromatic carbocycles. The van der Waals surface area contributed by atoms with E-state index in [9.17, 15) is 9.59 Å². The number of furan rings is 1. The molecular formula is C19H12ClN3O3S. The number of hydrogen-bond acceptors (Lipinski definition) is 5. The number of anilines is 1. The van der Waals surface area contributed by atoms with Gasteiger partial charge in [0.2, 0.25) is 0 Å². The second-order valence-electron chi connectivity index (χ2n) is 6.20. The van der Waals surface area contributed by atoms with Crippen molar-refractivity contribution in [3.05, 3.63) is 65.7 Å². The van der Waals surface area contributed by atoms with Crippen LogP contribution in [0.5, 0.6) is 0 Å². The maximum Gasteiger partial charge on any atom is 0.329 e. The Morgan fingerprint density at radius 2 is 2.04 bits per heavy atom. The van der Waals surface area contributed by atoms with Gasteiger partial charge in [-0.15, -0.1) is 11.8 Å². The summed E-state index contributed by atoms with van der Waals surface area (Å²) in [5.74, 6) is -0.308. The van der Waals surface area contributed by atoms with Crippen LogP contribution < -0.4 is 10.2 Å². The maximum atomic E-state index is 13.2. The summed E-state index contributed by atoms with van der Waals surface area (Å²) in [6, 6.07) is 8.30. The number of carbonyl (C=O) groups excluding carboxylic acids is 2. The van der Waals surface area contributed by atoms with Crippen molar-refractivity contribution in [1.82, 2.24) is 10.3 Å². The van der Waals surface area contributed by atoms with Gasteiger partial charge in [0.05, 0.1) is 18.5 Å². The second-order valence-corrected chi connectivity index (χ2v) is 7.79. The van der Waals surface area contributed by atoms with Crippen LogP contribution >= 0.6 is 23.4 Å². The molecule has 0 spiro atoms. The number of imide groups is 1. The Bertz CT molecular complexity index is 1130. The van der Waals surface area contributed by atoms with Gasteiger partial charge in [-0.25, -0.2) is 9.69 Å². The van der Waals surface area contributed by atoms with Crippen LogP contribution in [0.4, 0.5) is 10.5 Å². The van der Waals surface area contributed by atoms with E-state index >= 15 is 0 Å². The summed E-state index contributed by atoms with van der Waals surface area (Å²) in [5.41, 5.74) is 1.64. The lowest BCUT2D eigenvalue weighted by Gasteiger charge is -2.32. The third-order valence-electron chi connectivity index (χ3n) is 4.59. The lowest BCUT2D eigenvalue weighted by Crippen LogP contribution is -2.60. The van der Waals surface area contributed by atoms with Crippen molar-refractivity contribution in [2.24, 2.45) is 0 Å². The first-order valence-electron chi connectivity index (χ1n) is 8.22. The molecule has 1 saturated heterocycles. The fourth-order valence-electron chi connectivity index (χ4n) is 3.33. The molecule has 3 aromatic rings. The molecule has 0 aliphatic carbocycles. The maximum absolute atomic E-state index is 13.2. The minimum Gasteiger partial charge on any atom is -0.462 e. The largest absolute Gasteiger partial charge is 0.462 e. The quantitative estimate of drug-likeness (QED) is 0.705. The Morgan fingerprint density at radius 3 is 2.89 bits per heavy atom. The molecule has 2 atom stereocenters. The minimum absolute atomic E-state index is 0.308. The van der Waals surface area contributed by atoms with Gasteiger partial charge in [-0.2, -0.15) is 0 Å². The molecule has 2 unspecified atom stereocenters. The van der Waals surface area contributed by atoms with Gasteiger partial charge >= 0.3 is 6.03 Å². The Hall–Kier alpha value is -2.77. The van der Waals surface area contributed by atoms with E-state index in [1.807, 2.05) is 24.3 Å². The first-order valence-corrected chi connectivity index (χ1v) is 9.48. The SMILES string of the molecule is O=C1NC2C=C(c3ccccc3Cl)SC2C(=O)N1c1cncc2ccoc12. The van der Waals surface area contributed by atoms with Crippen LogP contribution in [0.15, 0.2) is 59.5 Å². The van der Waals surface area contributed by atoms with E-state index in [-0.39, 0.29) is 11.9 Å².